The van der Waals surface area contributed by atoms with Crippen molar-refractivity contribution in [1.82, 2.24) is 14.1 Å². The summed E-state index contributed by atoms with van der Waals surface area (Å²) in [7, 11) is -6.32. The maximum atomic E-state index is 10.4. The van der Waals surface area contributed by atoms with E-state index in [2.05, 4.69) is 6.33 Å². The Hall–Kier alpha value is -9.36. The Labute approximate surface area is 499 Å². The third kappa shape index (κ3) is 8.42. The van der Waals surface area contributed by atoms with E-state index < -0.39 is 210 Å². The van der Waals surface area contributed by atoms with Gasteiger partial charge in [-0.3, -0.25) is 13.7 Å². The summed E-state index contributed by atoms with van der Waals surface area (Å²) >= 11 is 0. The summed E-state index contributed by atoms with van der Waals surface area (Å²) in [6.07, 6.45) is 4.28. The highest BCUT2D eigenvalue weighted by atomic mass is 28.3. The molecule has 3 heterocycles. The average Bonchev–Trinajstić information content (AvgIpc) is 0.880. The maximum Gasteiger partial charge on any atom is 0.269 e. The molecule has 5 nitrogen and oxygen atoms in total. The molecule has 0 atom stereocenters. The van der Waals surface area contributed by atoms with Crippen LogP contribution in [0.4, 0.5) is 0 Å². The number of pyridine rings is 1. The summed E-state index contributed by atoms with van der Waals surface area (Å²) in [5, 5.41) is -3.11. The van der Waals surface area contributed by atoms with Crippen LogP contribution >= 0.6 is 0 Å². The van der Waals surface area contributed by atoms with Gasteiger partial charge in [0.15, 0.2) is 8.07 Å². The monoisotopic (exact) mass is 1050 g/mol. The molecule has 0 saturated carbocycles. The first-order valence-electron chi connectivity index (χ1n) is 39.4. The SMILES string of the molecule is [2H]c1c([2H])c([2H])c(-c2cc(C(C)(C)C)cc(C([2H])([2H])[2H])c2-[n+]2[c-]n(-c3cccc(Oc4ccc5c6ccccc6n(-c6cc(C([2H])([2H])[2H])c(-c7c([2H])c([2H])c([2H])c([Si](c8c([2H])c([2H])c([2H])c([2H])c8[2H])(c8c([2H])c([2H])c([2H])c([2H])c8[2H])c8c([2H])c([2H])c([2H])c([2H])c8[2H])c7[2H])cn6)c5c4)c3)c3ccccc32)c([2H])c1[2H]. The first-order chi connectivity index (χ1) is 50.5. The number of imidazole rings is 1. The van der Waals surface area contributed by atoms with E-state index in [1.54, 1.807) is 106 Å². The summed E-state index contributed by atoms with van der Waals surface area (Å²) in [6, 6.07) is 5.07. The van der Waals surface area contributed by atoms with Crippen LogP contribution in [-0.2, 0) is 5.41 Å². The second-order valence-corrected chi connectivity index (χ2v) is 22.6. The number of aromatic nitrogens is 4. The van der Waals surface area contributed by atoms with Crippen LogP contribution in [-0.4, -0.2) is 22.2 Å². The van der Waals surface area contributed by atoms with Crippen LogP contribution in [0.5, 0.6) is 11.5 Å². The fourth-order valence-corrected chi connectivity index (χ4v) is 13.4. The van der Waals surface area contributed by atoms with Crippen molar-refractivity contribution in [2.45, 2.75) is 39.9 Å². The summed E-state index contributed by atoms with van der Waals surface area (Å²) in [6.45, 7) is -0.518. The van der Waals surface area contributed by atoms with Crippen molar-refractivity contribution in [3.8, 4) is 50.9 Å². The van der Waals surface area contributed by atoms with Crippen LogP contribution in [0.3, 0.4) is 0 Å². The number of ether oxygens (including phenoxy) is 1. The minimum atomic E-state index is -6.32. The highest BCUT2D eigenvalue weighted by molar-refractivity contribution is 7.19. The number of benzene rings is 10. The van der Waals surface area contributed by atoms with Gasteiger partial charge in [0, 0.05) is 36.8 Å². The lowest BCUT2D eigenvalue weighted by atomic mass is 9.83. The smallest absolute Gasteiger partial charge is 0.269 e. The second-order valence-electron chi connectivity index (χ2n) is 19.1. The molecule has 0 amide bonds. The zero-order valence-corrected chi connectivity index (χ0v) is 42.7. The van der Waals surface area contributed by atoms with Crippen molar-refractivity contribution < 1.29 is 50.4 Å². The van der Waals surface area contributed by atoms with Crippen LogP contribution < -0.4 is 30.1 Å². The van der Waals surface area contributed by atoms with Crippen molar-refractivity contribution in [1.29, 1.82) is 0 Å². The van der Waals surface area contributed by atoms with Gasteiger partial charge in [-0.1, -0.05) is 226 Å². The molecule has 0 aliphatic heterocycles. The molecule has 0 fully saturated rings. The van der Waals surface area contributed by atoms with E-state index in [1.165, 1.54) is 10.6 Å². The topological polar surface area (TPSA) is 35.9 Å². The molecule has 0 aliphatic carbocycles. The molecule has 0 aliphatic rings. The lowest BCUT2D eigenvalue weighted by Crippen LogP contribution is -2.74. The van der Waals surface area contributed by atoms with Gasteiger partial charge in [0.2, 0.25) is 0 Å². The molecule has 0 spiro atoms. The summed E-state index contributed by atoms with van der Waals surface area (Å²) in [5.74, 6) is 0.356. The van der Waals surface area contributed by atoms with Gasteiger partial charge in [-0.2, -0.15) is 0 Å². The fraction of sp³-hybridized carbons (Fsp3) is 0.0833. The summed E-state index contributed by atoms with van der Waals surface area (Å²) < 4.78 is 286. The molecule has 13 rings (SSSR count). The predicted molar refractivity (Wildman–Crippen MR) is 325 cm³/mol. The van der Waals surface area contributed by atoms with Gasteiger partial charge in [-0.15, -0.1) is 0 Å². The molecular formula is C72H58N4OSi. The van der Waals surface area contributed by atoms with Crippen LogP contribution in [0.2, 0.25) is 0 Å². The molecule has 3 aromatic heterocycles. The predicted octanol–water partition coefficient (Wildman–Crippen LogP) is 14.6. The number of fused-ring (bicyclic) bond motifs is 4. The number of hydrogen-bond acceptors (Lipinski definition) is 2. The van der Waals surface area contributed by atoms with Gasteiger partial charge in [-0.05, 0) is 116 Å². The quantitative estimate of drug-likeness (QED) is 0.0560. The minimum Gasteiger partial charge on any atom is -0.458 e. The normalized spacial score (nSPS) is 17.7. The molecular weight excluding hydrogens is 965 g/mol. The third-order valence-corrected chi connectivity index (χ3v) is 17.5. The van der Waals surface area contributed by atoms with E-state index >= 15 is 0 Å². The summed E-state index contributed by atoms with van der Waals surface area (Å²) in [5.41, 5.74) is -0.506. The van der Waals surface area contributed by atoms with Crippen molar-refractivity contribution in [3.63, 3.8) is 0 Å². The molecule has 13 aromatic rings. The zero-order chi connectivity index (χ0) is 78.8. The number of nitrogens with zero attached hydrogens (tertiary/aromatic N) is 4. The Bertz CT molecular complexity index is 5790. The molecule has 6 heteroatoms. The van der Waals surface area contributed by atoms with Crippen molar-refractivity contribution in [2.24, 2.45) is 0 Å². The van der Waals surface area contributed by atoms with Crippen LogP contribution in [0.15, 0.2) is 260 Å². The van der Waals surface area contributed by atoms with Crippen molar-refractivity contribution in [3.05, 3.63) is 283 Å². The van der Waals surface area contributed by atoms with E-state index in [4.69, 9.17) is 37.1 Å². The van der Waals surface area contributed by atoms with E-state index in [0.717, 1.165) is 12.3 Å². The largest absolute Gasteiger partial charge is 0.458 e. The van der Waals surface area contributed by atoms with Crippen LogP contribution in [0, 0.1) is 20.0 Å². The highest BCUT2D eigenvalue weighted by Crippen LogP contribution is 2.38. The van der Waals surface area contributed by atoms with Crippen LogP contribution in [0.1, 0.15) is 78.6 Å². The average molecular weight is 1050 g/mol. The Morgan fingerprint density at radius 1 is 0.538 bits per heavy atom. The lowest BCUT2D eigenvalue weighted by molar-refractivity contribution is -0.572. The van der Waals surface area contributed by atoms with Gasteiger partial charge < -0.3 is 4.74 Å². The zero-order valence-electron chi connectivity index (χ0n) is 71.7. The second kappa shape index (κ2) is 19.6. The molecule has 10 aromatic carbocycles. The highest BCUT2D eigenvalue weighted by Gasteiger charge is 2.41. The summed E-state index contributed by atoms with van der Waals surface area (Å²) in [4.78, 5) is 4.77. The Morgan fingerprint density at radius 3 is 1.85 bits per heavy atom. The molecule has 0 unspecified atom stereocenters. The number of hydrogen-bond donors (Lipinski definition) is 0. The lowest BCUT2D eigenvalue weighted by Gasteiger charge is -2.34. The van der Waals surface area contributed by atoms with Gasteiger partial charge in [0.25, 0.3) is 6.33 Å². The van der Waals surface area contributed by atoms with Gasteiger partial charge in [0.1, 0.15) is 17.3 Å². The minimum absolute atomic E-state index is 0.0113. The van der Waals surface area contributed by atoms with Crippen LogP contribution in [0.25, 0.3) is 72.3 Å². The molecule has 0 saturated heterocycles. The van der Waals surface area contributed by atoms with E-state index in [-0.39, 0.29) is 39.7 Å². The van der Waals surface area contributed by atoms with Gasteiger partial charge >= 0.3 is 0 Å². The molecule has 0 N–H and O–H groups in total. The standard InChI is InChI=1S/C72H58N4OSi/c1-50-43-70(73-48-65(50)53-26-22-35-61(44-53)78(58-29-12-7-13-30-58,59-31-14-8-15-32-59)60-33-16-9-17-34-60)76-66-37-19-18-36-62(66)63-41-40-57(47-69(63)76)77-56-28-23-27-55(46-56)74-49-75(68-39-21-20-38-67(68)74)71-51(2)42-54(72(3,4)5)45-64(71)52-24-10-6-11-25-52/h6-48H,1-5H3/i1D3,2D3,6D,7D,8D,9D,10D,11D,12D,13D,14D,15D,16D,17D,22D,24D,25D,26D,29D,30D,31D,32D,33D,34D,35D,44D. The third-order valence-electron chi connectivity index (χ3n) is 13.5. The first kappa shape index (κ1) is 25.7. The molecule has 0 bridgehead atoms. The Morgan fingerprint density at radius 2 is 1.15 bits per heavy atom. The van der Waals surface area contributed by atoms with E-state index in [1.807, 2.05) is 20.8 Å². The fourth-order valence-electron chi connectivity index (χ4n) is 9.88. The van der Waals surface area contributed by atoms with Gasteiger partial charge in [-0.25, -0.2) is 4.98 Å². The van der Waals surface area contributed by atoms with E-state index in [9.17, 15) is 13.7 Å². The van der Waals surface area contributed by atoms with Crippen molar-refractivity contribution >= 4 is 61.7 Å². The molecule has 376 valence electrons. The number of aryl methyl sites for hydroxylation is 2. The van der Waals surface area contributed by atoms with E-state index in [0.29, 0.717) is 44.1 Å². The number of para-hydroxylation sites is 3. The first-order valence-corrected chi connectivity index (χ1v) is 26.4. The molecule has 78 heavy (non-hydrogen) atoms. The van der Waals surface area contributed by atoms with Crippen molar-refractivity contribution in [2.75, 3.05) is 0 Å². The molecule has 0 radical (unpaired) electrons. The Kier molecular flexibility index (Phi) is 6.46. The maximum absolute atomic E-state index is 10.4. The Balaban J connectivity index is 1.00. The number of rotatable bonds is 11. The van der Waals surface area contributed by atoms with Gasteiger partial charge in [0.05, 0.1) is 66.3 Å².